The number of nitrogens with two attached hydrogens (primary N) is 1. The van der Waals surface area contributed by atoms with Crippen molar-refractivity contribution in [2.24, 2.45) is 5.73 Å². The SMILES string of the molecule is NC1(c2ccc(F)cc2)CCNCC1. The first-order valence-electron chi connectivity index (χ1n) is 4.96. The standard InChI is InChI=1S/C11H15FN2/c12-10-3-1-9(2-4-10)11(13)5-7-14-8-6-11/h1-4,14H,5-8,13H2. The molecule has 0 amide bonds. The van der Waals surface area contributed by atoms with Crippen molar-refractivity contribution >= 4 is 0 Å². The average Bonchev–Trinajstić information content (AvgIpc) is 2.19. The Kier molecular flexibility index (Phi) is 2.52. The Hall–Kier alpha value is -0.930. The minimum Gasteiger partial charge on any atom is -0.321 e. The molecule has 2 nitrogen and oxygen atoms in total. The van der Waals surface area contributed by atoms with Crippen LogP contribution in [0.25, 0.3) is 0 Å². The van der Waals surface area contributed by atoms with E-state index in [4.69, 9.17) is 5.73 Å². The maximum atomic E-state index is 12.7. The van der Waals surface area contributed by atoms with Crippen LogP contribution in [0.2, 0.25) is 0 Å². The molecule has 0 aliphatic carbocycles. The zero-order valence-corrected chi connectivity index (χ0v) is 8.09. The van der Waals surface area contributed by atoms with Gasteiger partial charge in [-0.25, -0.2) is 4.39 Å². The van der Waals surface area contributed by atoms with E-state index in [1.54, 1.807) is 12.1 Å². The zero-order chi connectivity index (χ0) is 10.0. The summed E-state index contributed by atoms with van der Waals surface area (Å²) in [5.41, 5.74) is 7.05. The van der Waals surface area contributed by atoms with E-state index < -0.39 is 0 Å². The Morgan fingerprint density at radius 1 is 1.14 bits per heavy atom. The minimum atomic E-state index is -0.265. The molecule has 0 spiro atoms. The number of halogens is 1. The fourth-order valence-corrected chi connectivity index (χ4v) is 1.94. The summed E-state index contributed by atoms with van der Waals surface area (Å²) < 4.78 is 12.7. The van der Waals surface area contributed by atoms with Gasteiger partial charge in [0.2, 0.25) is 0 Å². The zero-order valence-electron chi connectivity index (χ0n) is 8.09. The molecule has 1 aromatic rings. The minimum absolute atomic E-state index is 0.203. The summed E-state index contributed by atoms with van der Waals surface area (Å²) in [7, 11) is 0. The molecule has 0 atom stereocenters. The van der Waals surface area contributed by atoms with Gasteiger partial charge >= 0.3 is 0 Å². The van der Waals surface area contributed by atoms with Crippen LogP contribution in [0.3, 0.4) is 0 Å². The lowest BCUT2D eigenvalue weighted by molar-refractivity contribution is 0.317. The Morgan fingerprint density at radius 3 is 2.29 bits per heavy atom. The largest absolute Gasteiger partial charge is 0.321 e. The number of rotatable bonds is 1. The predicted octanol–water partition coefficient (Wildman–Crippen LogP) is 1.36. The molecule has 2 rings (SSSR count). The summed E-state index contributed by atoms with van der Waals surface area (Å²) in [6, 6.07) is 6.54. The van der Waals surface area contributed by atoms with Gasteiger partial charge in [-0.3, -0.25) is 0 Å². The molecule has 1 saturated heterocycles. The normalized spacial score (nSPS) is 20.7. The van der Waals surface area contributed by atoms with E-state index in [1.807, 2.05) is 0 Å². The molecule has 0 bridgehead atoms. The van der Waals surface area contributed by atoms with E-state index in [1.165, 1.54) is 12.1 Å². The Morgan fingerprint density at radius 2 is 1.71 bits per heavy atom. The second-order valence-electron chi connectivity index (χ2n) is 3.91. The van der Waals surface area contributed by atoms with E-state index in [0.717, 1.165) is 31.5 Å². The topological polar surface area (TPSA) is 38.0 Å². The number of hydrogen-bond acceptors (Lipinski definition) is 2. The summed E-state index contributed by atoms with van der Waals surface area (Å²) in [6.45, 7) is 1.88. The van der Waals surface area contributed by atoms with Crippen LogP contribution in [-0.2, 0) is 5.54 Å². The number of nitrogens with one attached hydrogen (secondary N) is 1. The van der Waals surface area contributed by atoms with Crippen molar-refractivity contribution in [3.05, 3.63) is 35.6 Å². The predicted molar refractivity (Wildman–Crippen MR) is 54.4 cm³/mol. The highest BCUT2D eigenvalue weighted by molar-refractivity contribution is 5.25. The third-order valence-corrected chi connectivity index (χ3v) is 2.91. The number of piperidine rings is 1. The van der Waals surface area contributed by atoms with Crippen molar-refractivity contribution in [2.75, 3.05) is 13.1 Å². The van der Waals surface area contributed by atoms with E-state index in [-0.39, 0.29) is 11.4 Å². The lowest BCUT2D eigenvalue weighted by Gasteiger charge is -2.34. The van der Waals surface area contributed by atoms with Crippen LogP contribution in [0.15, 0.2) is 24.3 Å². The molecule has 14 heavy (non-hydrogen) atoms. The lowest BCUT2D eigenvalue weighted by atomic mass is 9.82. The molecule has 1 aliphatic rings. The number of benzene rings is 1. The second-order valence-corrected chi connectivity index (χ2v) is 3.91. The fourth-order valence-electron chi connectivity index (χ4n) is 1.94. The second kappa shape index (κ2) is 3.67. The van der Waals surface area contributed by atoms with Gasteiger partial charge in [-0.15, -0.1) is 0 Å². The van der Waals surface area contributed by atoms with Crippen molar-refractivity contribution in [1.29, 1.82) is 0 Å². The van der Waals surface area contributed by atoms with Crippen LogP contribution in [-0.4, -0.2) is 13.1 Å². The molecular weight excluding hydrogens is 179 g/mol. The summed E-state index contributed by atoms with van der Waals surface area (Å²) >= 11 is 0. The summed E-state index contributed by atoms with van der Waals surface area (Å²) in [5, 5.41) is 3.27. The van der Waals surface area contributed by atoms with E-state index in [9.17, 15) is 4.39 Å². The highest BCUT2D eigenvalue weighted by Gasteiger charge is 2.28. The van der Waals surface area contributed by atoms with Gasteiger partial charge in [-0.1, -0.05) is 12.1 Å². The summed E-state index contributed by atoms with van der Waals surface area (Å²) in [6.07, 6.45) is 1.83. The van der Waals surface area contributed by atoms with Gasteiger partial charge in [0, 0.05) is 5.54 Å². The fraction of sp³-hybridized carbons (Fsp3) is 0.455. The van der Waals surface area contributed by atoms with Gasteiger partial charge in [0.1, 0.15) is 5.82 Å². The van der Waals surface area contributed by atoms with Crippen LogP contribution < -0.4 is 11.1 Å². The Balaban J connectivity index is 2.23. The van der Waals surface area contributed by atoms with Crippen LogP contribution in [0.4, 0.5) is 4.39 Å². The molecule has 76 valence electrons. The van der Waals surface area contributed by atoms with Crippen molar-refractivity contribution in [1.82, 2.24) is 5.32 Å². The van der Waals surface area contributed by atoms with Crippen molar-refractivity contribution in [3.8, 4) is 0 Å². The van der Waals surface area contributed by atoms with Gasteiger partial charge in [0.05, 0.1) is 0 Å². The molecule has 3 heteroatoms. The third kappa shape index (κ3) is 1.79. The summed E-state index contributed by atoms with van der Waals surface area (Å²) in [4.78, 5) is 0. The highest BCUT2D eigenvalue weighted by atomic mass is 19.1. The first-order valence-corrected chi connectivity index (χ1v) is 4.96. The molecule has 1 aromatic carbocycles. The van der Waals surface area contributed by atoms with Crippen molar-refractivity contribution in [2.45, 2.75) is 18.4 Å². The van der Waals surface area contributed by atoms with Gasteiger partial charge < -0.3 is 11.1 Å². The average molecular weight is 194 g/mol. The van der Waals surface area contributed by atoms with Crippen molar-refractivity contribution in [3.63, 3.8) is 0 Å². The summed E-state index contributed by atoms with van der Waals surface area (Å²) in [5.74, 6) is -0.203. The molecule has 0 radical (unpaired) electrons. The molecule has 1 fully saturated rings. The lowest BCUT2D eigenvalue weighted by Crippen LogP contribution is -2.46. The molecule has 1 aliphatic heterocycles. The molecule has 0 aromatic heterocycles. The number of hydrogen-bond donors (Lipinski definition) is 2. The van der Waals surface area contributed by atoms with Gasteiger partial charge in [-0.05, 0) is 43.6 Å². The molecular formula is C11H15FN2. The van der Waals surface area contributed by atoms with E-state index in [2.05, 4.69) is 5.32 Å². The van der Waals surface area contributed by atoms with Crippen molar-refractivity contribution < 1.29 is 4.39 Å². The van der Waals surface area contributed by atoms with Gasteiger partial charge in [-0.2, -0.15) is 0 Å². The first-order chi connectivity index (χ1) is 6.71. The Labute approximate surface area is 83.3 Å². The van der Waals surface area contributed by atoms with Gasteiger partial charge in [0.15, 0.2) is 0 Å². The monoisotopic (exact) mass is 194 g/mol. The first kappa shape index (κ1) is 9.62. The maximum Gasteiger partial charge on any atom is 0.123 e. The van der Waals surface area contributed by atoms with Crippen LogP contribution >= 0.6 is 0 Å². The third-order valence-electron chi connectivity index (χ3n) is 2.91. The van der Waals surface area contributed by atoms with E-state index >= 15 is 0 Å². The molecule has 3 N–H and O–H groups in total. The molecule has 1 heterocycles. The maximum absolute atomic E-state index is 12.7. The van der Waals surface area contributed by atoms with Crippen LogP contribution in [0.5, 0.6) is 0 Å². The molecule has 0 unspecified atom stereocenters. The Bertz CT molecular complexity index is 302. The quantitative estimate of drug-likeness (QED) is 0.708. The van der Waals surface area contributed by atoms with Gasteiger partial charge in [0.25, 0.3) is 0 Å². The molecule has 0 saturated carbocycles. The smallest absolute Gasteiger partial charge is 0.123 e. The highest BCUT2D eigenvalue weighted by Crippen LogP contribution is 2.27. The van der Waals surface area contributed by atoms with Crippen LogP contribution in [0.1, 0.15) is 18.4 Å². The van der Waals surface area contributed by atoms with Crippen LogP contribution in [0, 0.1) is 5.82 Å². The van der Waals surface area contributed by atoms with E-state index in [0.29, 0.717) is 0 Å².